The van der Waals surface area contributed by atoms with Crippen LogP contribution in [0.4, 0.5) is 0 Å². The molecule has 0 bridgehead atoms. The Morgan fingerprint density at radius 3 is 1.97 bits per heavy atom. The maximum absolute atomic E-state index is 13.1. The number of nitrogens with one attached hydrogen (secondary N) is 1. The van der Waals surface area contributed by atoms with E-state index in [0.29, 0.717) is 6.54 Å². The van der Waals surface area contributed by atoms with Crippen LogP contribution in [-0.2, 0) is 10.2 Å². The molecule has 0 aliphatic heterocycles. The van der Waals surface area contributed by atoms with Gasteiger partial charge in [-0.2, -0.15) is 0 Å². The summed E-state index contributed by atoms with van der Waals surface area (Å²) in [6.07, 6.45) is 6.11. The third-order valence-electron chi connectivity index (χ3n) is 6.60. The summed E-state index contributed by atoms with van der Waals surface area (Å²) in [5.74, 6) is 1.36. The van der Waals surface area contributed by atoms with Crippen molar-refractivity contribution >= 4 is 11.5 Å². The van der Waals surface area contributed by atoms with Crippen molar-refractivity contribution in [1.29, 1.82) is 0 Å². The van der Waals surface area contributed by atoms with Crippen LogP contribution in [0.3, 0.4) is 0 Å². The van der Waals surface area contributed by atoms with Gasteiger partial charge in [0.1, 0.15) is 0 Å². The molecule has 1 aliphatic rings. The van der Waals surface area contributed by atoms with Gasteiger partial charge in [0.2, 0.25) is 5.91 Å². The average Bonchev–Trinajstić information content (AvgIpc) is 3.37. The van der Waals surface area contributed by atoms with Crippen molar-refractivity contribution in [1.82, 2.24) is 5.32 Å². The quantitative estimate of drug-likeness (QED) is 0.452. The van der Waals surface area contributed by atoms with Gasteiger partial charge in [-0.1, -0.05) is 79.6 Å². The van der Waals surface area contributed by atoms with E-state index in [1.165, 1.54) is 5.56 Å². The summed E-state index contributed by atoms with van der Waals surface area (Å²) in [6, 6.07) is 26.2. The Morgan fingerprint density at radius 2 is 1.42 bits per heavy atom. The van der Waals surface area contributed by atoms with E-state index in [0.717, 1.165) is 53.9 Å². The predicted molar refractivity (Wildman–Crippen MR) is 133 cm³/mol. The second-order valence-corrected chi connectivity index (χ2v) is 8.57. The fourth-order valence-electron chi connectivity index (χ4n) is 4.79. The average molecular weight is 442 g/mol. The lowest BCUT2D eigenvalue weighted by molar-refractivity contribution is -0.116. The van der Waals surface area contributed by atoms with Crippen molar-refractivity contribution in [2.75, 3.05) is 20.8 Å². The molecular formula is C29H31NO3. The van der Waals surface area contributed by atoms with Gasteiger partial charge in [-0.3, -0.25) is 4.79 Å². The molecule has 0 spiro atoms. The molecule has 1 amide bonds. The largest absolute Gasteiger partial charge is 0.493 e. The van der Waals surface area contributed by atoms with Crippen LogP contribution in [0.25, 0.3) is 5.57 Å². The topological polar surface area (TPSA) is 47.6 Å². The predicted octanol–water partition coefficient (Wildman–Crippen LogP) is 5.76. The molecule has 0 saturated heterocycles. The fraction of sp³-hybridized carbons (Fsp3) is 0.276. The Bertz CT molecular complexity index is 1060. The van der Waals surface area contributed by atoms with Gasteiger partial charge in [0.15, 0.2) is 11.5 Å². The molecule has 4 nitrogen and oxygen atoms in total. The summed E-state index contributed by atoms with van der Waals surface area (Å²) in [5.41, 5.74) is 4.06. The van der Waals surface area contributed by atoms with E-state index in [2.05, 4.69) is 17.4 Å². The van der Waals surface area contributed by atoms with Crippen molar-refractivity contribution in [3.8, 4) is 11.5 Å². The zero-order chi connectivity index (χ0) is 23.1. The van der Waals surface area contributed by atoms with Gasteiger partial charge in [-0.15, -0.1) is 0 Å². The molecule has 0 atom stereocenters. The number of carbonyl (C=O) groups is 1. The lowest BCUT2D eigenvalue weighted by atomic mass is 9.78. The van der Waals surface area contributed by atoms with Crippen LogP contribution in [0.5, 0.6) is 11.5 Å². The van der Waals surface area contributed by atoms with Crippen molar-refractivity contribution in [3.05, 3.63) is 102 Å². The standard InChI is InChI=1S/C29H31NO3/c1-32-26-16-15-24(19-27(26)33-2)29(17-9-10-18-29)21-30-28(31)20-25(22-11-5-3-6-12-22)23-13-7-4-8-14-23/h3-8,11-16,19-20H,9-10,17-18,21H2,1-2H3,(H,30,31). The van der Waals surface area contributed by atoms with E-state index in [4.69, 9.17) is 9.47 Å². The second-order valence-electron chi connectivity index (χ2n) is 8.57. The molecule has 0 radical (unpaired) electrons. The third kappa shape index (κ3) is 5.11. The van der Waals surface area contributed by atoms with E-state index in [1.807, 2.05) is 66.7 Å². The number of rotatable bonds is 8. The van der Waals surface area contributed by atoms with E-state index in [9.17, 15) is 4.79 Å². The minimum absolute atomic E-state index is 0.0792. The summed E-state index contributed by atoms with van der Waals surface area (Å²) in [5, 5.41) is 3.21. The molecular weight excluding hydrogens is 410 g/mol. The van der Waals surface area contributed by atoms with Gasteiger partial charge >= 0.3 is 0 Å². The molecule has 1 N–H and O–H groups in total. The van der Waals surface area contributed by atoms with Crippen LogP contribution in [0, 0.1) is 0 Å². The monoisotopic (exact) mass is 441 g/mol. The first-order valence-electron chi connectivity index (χ1n) is 11.5. The second kappa shape index (κ2) is 10.4. The molecule has 3 aromatic rings. The summed E-state index contributed by atoms with van der Waals surface area (Å²) >= 11 is 0. The first-order chi connectivity index (χ1) is 16.1. The molecule has 33 heavy (non-hydrogen) atoms. The first kappa shape index (κ1) is 22.7. The Kier molecular flexibility index (Phi) is 7.13. The highest BCUT2D eigenvalue weighted by Gasteiger charge is 2.36. The van der Waals surface area contributed by atoms with E-state index >= 15 is 0 Å². The summed E-state index contributed by atoms with van der Waals surface area (Å²) < 4.78 is 10.9. The fourth-order valence-corrected chi connectivity index (χ4v) is 4.79. The molecule has 0 aromatic heterocycles. The molecule has 1 saturated carbocycles. The van der Waals surface area contributed by atoms with Crippen LogP contribution in [0.2, 0.25) is 0 Å². The SMILES string of the molecule is COc1ccc(C2(CNC(=O)C=C(c3ccccc3)c3ccccc3)CCCC2)cc1OC. The minimum Gasteiger partial charge on any atom is -0.493 e. The highest BCUT2D eigenvalue weighted by atomic mass is 16.5. The van der Waals surface area contributed by atoms with Gasteiger partial charge < -0.3 is 14.8 Å². The lowest BCUT2D eigenvalue weighted by Crippen LogP contribution is -2.38. The van der Waals surface area contributed by atoms with Crippen LogP contribution in [0.15, 0.2) is 84.9 Å². The summed E-state index contributed by atoms with van der Waals surface area (Å²) in [4.78, 5) is 13.1. The Balaban J connectivity index is 1.58. The molecule has 0 heterocycles. The molecule has 170 valence electrons. The van der Waals surface area contributed by atoms with E-state index in [1.54, 1.807) is 20.3 Å². The van der Waals surface area contributed by atoms with Gasteiger partial charge in [-0.25, -0.2) is 0 Å². The number of benzene rings is 3. The van der Waals surface area contributed by atoms with Gasteiger partial charge in [-0.05, 0) is 47.2 Å². The van der Waals surface area contributed by atoms with Crippen molar-refractivity contribution in [2.24, 2.45) is 0 Å². The highest BCUT2D eigenvalue weighted by molar-refractivity contribution is 5.99. The number of ether oxygens (including phenoxy) is 2. The summed E-state index contributed by atoms with van der Waals surface area (Å²) in [7, 11) is 3.30. The molecule has 1 fully saturated rings. The molecule has 4 rings (SSSR count). The number of hydrogen-bond acceptors (Lipinski definition) is 3. The molecule has 1 aliphatic carbocycles. The Hall–Kier alpha value is -3.53. The number of amides is 1. The highest BCUT2D eigenvalue weighted by Crippen LogP contribution is 2.43. The first-order valence-corrected chi connectivity index (χ1v) is 11.5. The van der Waals surface area contributed by atoms with Gasteiger partial charge in [0.25, 0.3) is 0 Å². The molecule has 4 heteroatoms. The van der Waals surface area contributed by atoms with E-state index < -0.39 is 0 Å². The minimum atomic E-state index is -0.0945. The van der Waals surface area contributed by atoms with Crippen LogP contribution in [0.1, 0.15) is 42.4 Å². The van der Waals surface area contributed by atoms with E-state index in [-0.39, 0.29) is 11.3 Å². The van der Waals surface area contributed by atoms with Gasteiger partial charge in [0.05, 0.1) is 14.2 Å². The maximum Gasteiger partial charge on any atom is 0.244 e. The molecule has 3 aromatic carbocycles. The summed E-state index contributed by atoms with van der Waals surface area (Å²) in [6.45, 7) is 0.592. The maximum atomic E-state index is 13.1. The zero-order valence-corrected chi connectivity index (χ0v) is 19.3. The van der Waals surface area contributed by atoms with Crippen LogP contribution in [-0.4, -0.2) is 26.7 Å². The van der Waals surface area contributed by atoms with Crippen molar-refractivity contribution in [2.45, 2.75) is 31.1 Å². The van der Waals surface area contributed by atoms with Gasteiger partial charge in [0, 0.05) is 18.0 Å². The Morgan fingerprint density at radius 1 is 0.848 bits per heavy atom. The number of hydrogen-bond donors (Lipinski definition) is 1. The Labute approximate surface area is 196 Å². The van der Waals surface area contributed by atoms with Crippen molar-refractivity contribution in [3.63, 3.8) is 0 Å². The van der Waals surface area contributed by atoms with Crippen LogP contribution < -0.4 is 14.8 Å². The normalized spacial score (nSPS) is 14.4. The number of methoxy groups -OCH3 is 2. The molecule has 0 unspecified atom stereocenters. The van der Waals surface area contributed by atoms with Crippen molar-refractivity contribution < 1.29 is 14.3 Å². The smallest absolute Gasteiger partial charge is 0.244 e. The third-order valence-corrected chi connectivity index (χ3v) is 6.60. The number of carbonyl (C=O) groups excluding carboxylic acids is 1. The van der Waals surface area contributed by atoms with Crippen LogP contribution >= 0.6 is 0 Å². The lowest BCUT2D eigenvalue weighted by Gasteiger charge is -2.30. The zero-order valence-electron chi connectivity index (χ0n) is 19.3.